The zero-order valence-electron chi connectivity index (χ0n) is 9.50. The Hall–Kier alpha value is -0.810. The van der Waals surface area contributed by atoms with Crippen LogP contribution in [-0.4, -0.2) is 24.3 Å². The summed E-state index contributed by atoms with van der Waals surface area (Å²) in [7, 11) is 0. The fourth-order valence-corrected chi connectivity index (χ4v) is 2.44. The van der Waals surface area contributed by atoms with E-state index in [1.165, 1.54) is 12.5 Å². The molecule has 0 aliphatic heterocycles. The molecule has 1 saturated carbocycles. The van der Waals surface area contributed by atoms with Crippen molar-refractivity contribution in [2.24, 2.45) is 0 Å². The van der Waals surface area contributed by atoms with Gasteiger partial charge in [0.15, 0.2) is 0 Å². The van der Waals surface area contributed by atoms with E-state index in [9.17, 15) is 4.39 Å². The number of nitrogen functional groups attached to an aromatic ring is 1. The molecule has 1 aromatic carbocycles. The maximum Gasteiger partial charge on any atom is 0.139 e. The number of hydrogen-bond acceptors (Lipinski definition) is 3. The Morgan fingerprint density at radius 2 is 2.18 bits per heavy atom. The quantitative estimate of drug-likeness (QED) is 0.840. The average molecular weight is 303 g/mol. The number of anilines is 2. The van der Waals surface area contributed by atoms with Crippen molar-refractivity contribution in [1.29, 1.82) is 0 Å². The van der Waals surface area contributed by atoms with E-state index >= 15 is 0 Å². The third-order valence-corrected chi connectivity index (χ3v) is 3.84. The highest BCUT2D eigenvalue weighted by molar-refractivity contribution is 9.10. The summed E-state index contributed by atoms with van der Waals surface area (Å²) in [6, 6.07) is 3.43. The summed E-state index contributed by atoms with van der Waals surface area (Å²) in [5.74, 6) is -0.358. The van der Waals surface area contributed by atoms with Gasteiger partial charge in [-0.3, -0.25) is 0 Å². The molecule has 3 N–H and O–H groups in total. The van der Waals surface area contributed by atoms with Crippen molar-refractivity contribution in [3.63, 3.8) is 0 Å². The number of hydrogen-bond donors (Lipinski definition) is 2. The minimum absolute atomic E-state index is 0.0743. The molecule has 0 spiro atoms. The molecule has 3 nitrogen and oxygen atoms in total. The SMILES string of the molecule is Nc1cc(F)c(Br)cc1N(CCO)C1CCC1. The van der Waals surface area contributed by atoms with Gasteiger partial charge in [-0.2, -0.15) is 0 Å². The highest BCUT2D eigenvalue weighted by Crippen LogP contribution is 2.35. The summed E-state index contributed by atoms with van der Waals surface area (Å²) in [5.41, 5.74) is 7.08. The van der Waals surface area contributed by atoms with Crippen LogP contribution in [-0.2, 0) is 0 Å². The first-order valence-electron chi connectivity index (χ1n) is 5.75. The van der Waals surface area contributed by atoms with Crippen LogP contribution in [0.25, 0.3) is 0 Å². The van der Waals surface area contributed by atoms with Gasteiger partial charge in [0.25, 0.3) is 0 Å². The molecule has 0 bridgehead atoms. The first-order valence-corrected chi connectivity index (χ1v) is 6.55. The van der Waals surface area contributed by atoms with Gasteiger partial charge in [-0.25, -0.2) is 4.39 Å². The first kappa shape index (κ1) is 12.6. The van der Waals surface area contributed by atoms with Gasteiger partial charge >= 0.3 is 0 Å². The molecule has 1 aliphatic carbocycles. The second kappa shape index (κ2) is 5.23. The van der Waals surface area contributed by atoms with Crippen molar-refractivity contribution in [2.75, 3.05) is 23.8 Å². The van der Waals surface area contributed by atoms with Gasteiger partial charge in [0.2, 0.25) is 0 Å². The van der Waals surface area contributed by atoms with Crippen molar-refractivity contribution in [3.05, 3.63) is 22.4 Å². The predicted octanol–water partition coefficient (Wildman–Crippen LogP) is 2.52. The van der Waals surface area contributed by atoms with Crippen LogP contribution in [0.15, 0.2) is 16.6 Å². The fourth-order valence-electron chi connectivity index (χ4n) is 2.11. The maximum atomic E-state index is 13.3. The Morgan fingerprint density at radius 1 is 1.47 bits per heavy atom. The summed E-state index contributed by atoms with van der Waals surface area (Å²) in [6.45, 7) is 0.609. The molecule has 5 heteroatoms. The molecule has 2 rings (SSSR count). The number of halogens is 2. The minimum atomic E-state index is -0.358. The molecule has 0 aromatic heterocycles. The fraction of sp³-hybridized carbons (Fsp3) is 0.500. The molecular formula is C12H16BrFN2O. The Bertz CT molecular complexity index is 410. The molecule has 94 valence electrons. The highest BCUT2D eigenvalue weighted by atomic mass is 79.9. The Morgan fingerprint density at radius 3 is 2.71 bits per heavy atom. The van der Waals surface area contributed by atoms with Crippen LogP contribution in [0.5, 0.6) is 0 Å². The van der Waals surface area contributed by atoms with E-state index in [1.807, 2.05) is 0 Å². The van der Waals surface area contributed by atoms with E-state index in [0.29, 0.717) is 22.7 Å². The van der Waals surface area contributed by atoms with Crippen LogP contribution in [0.3, 0.4) is 0 Å². The first-order chi connectivity index (χ1) is 8.13. The van der Waals surface area contributed by atoms with E-state index in [2.05, 4.69) is 20.8 Å². The molecule has 0 atom stereocenters. The number of rotatable bonds is 4. The topological polar surface area (TPSA) is 49.5 Å². The smallest absolute Gasteiger partial charge is 0.139 e. The van der Waals surface area contributed by atoms with Gasteiger partial charge in [0.05, 0.1) is 22.5 Å². The lowest BCUT2D eigenvalue weighted by atomic mass is 9.91. The predicted molar refractivity (Wildman–Crippen MR) is 70.6 cm³/mol. The molecule has 1 aromatic rings. The molecule has 1 aliphatic rings. The number of aliphatic hydroxyl groups is 1. The van der Waals surface area contributed by atoms with Crippen molar-refractivity contribution >= 4 is 27.3 Å². The van der Waals surface area contributed by atoms with Crippen molar-refractivity contribution in [3.8, 4) is 0 Å². The Kier molecular flexibility index (Phi) is 3.89. The van der Waals surface area contributed by atoms with E-state index < -0.39 is 0 Å². The van der Waals surface area contributed by atoms with Crippen LogP contribution in [0.2, 0.25) is 0 Å². The summed E-state index contributed by atoms with van der Waals surface area (Å²) in [6.07, 6.45) is 3.41. The van der Waals surface area contributed by atoms with E-state index in [0.717, 1.165) is 18.5 Å². The summed E-state index contributed by atoms with van der Waals surface area (Å²) in [4.78, 5) is 2.07. The number of benzene rings is 1. The van der Waals surface area contributed by atoms with Crippen molar-refractivity contribution in [2.45, 2.75) is 25.3 Å². The Balaban J connectivity index is 2.31. The number of nitrogens with two attached hydrogens (primary N) is 1. The molecule has 0 heterocycles. The molecule has 0 unspecified atom stereocenters. The van der Waals surface area contributed by atoms with Gasteiger partial charge in [-0.15, -0.1) is 0 Å². The van der Waals surface area contributed by atoms with Crippen LogP contribution >= 0.6 is 15.9 Å². The largest absolute Gasteiger partial charge is 0.397 e. The van der Waals surface area contributed by atoms with E-state index in [4.69, 9.17) is 10.8 Å². The van der Waals surface area contributed by atoms with Crippen molar-refractivity contribution < 1.29 is 9.50 Å². The van der Waals surface area contributed by atoms with Gasteiger partial charge in [0, 0.05) is 18.7 Å². The van der Waals surface area contributed by atoms with E-state index in [1.54, 1.807) is 6.07 Å². The molecular weight excluding hydrogens is 287 g/mol. The Labute approximate surface area is 109 Å². The monoisotopic (exact) mass is 302 g/mol. The lowest BCUT2D eigenvalue weighted by Gasteiger charge is -2.39. The molecule has 17 heavy (non-hydrogen) atoms. The molecule has 0 radical (unpaired) electrons. The summed E-state index contributed by atoms with van der Waals surface area (Å²) in [5, 5.41) is 9.11. The van der Waals surface area contributed by atoms with Crippen LogP contribution in [0, 0.1) is 5.82 Å². The van der Waals surface area contributed by atoms with E-state index in [-0.39, 0.29) is 12.4 Å². The normalized spacial score (nSPS) is 15.7. The molecule has 1 fully saturated rings. The number of nitrogens with zero attached hydrogens (tertiary/aromatic N) is 1. The minimum Gasteiger partial charge on any atom is -0.397 e. The van der Waals surface area contributed by atoms with Crippen molar-refractivity contribution in [1.82, 2.24) is 0 Å². The van der Waals surface area contributed by atoms with Crippen LogP contribution < -0.4 is 10.6 Å². The van der Waals surface area contributed by atoms with Gasteiger partial charge in [-0.1, -0.05) is 0 Å². The maximum absolute atomic E-state index is 13.3. The van der Waals surface area contributed by atoms with Gasteiger partial charge < -0.3 is 15.7 Å². The summed E-state index contributed by atoms with van der Waals surface area (Å²) < 4.78 is 13.7. The second-order valence-electron chi connectivity index (χ2n) is 4.33. The second-order valence-corrected chi connectivity index (χ2v) is 5.18. The van der Waals surface area contributed by atoms with Gasteiger partial charge in [0.1, 0.15) is 5.82 Å². The summed E-state index contributed by atoms with van der Waals surface area (Å²) >= 11 is 3.17. The molecule has 0 saturated heterocycles. The van der Waals surface area contributed by atoms with Crippen LogP contribution in [0.1, 0.15) is 19.3 Å². The zero-order chi connectivity index (χ0) is 12.4. The highest BCUT2D eigenvalue weighted by Gasteiger charge is 2.26. The van der Waals surface area contributed by atoms with Gasteiger partial charge in [-0.05, 0) is 41.3 Å². The van der Waals surface area contributed by atoms with Crippen LogP contribution in [0.4, 0.5) is 15.8 Å². The molecule has 0 amide bonds. The zero-order valence-corrected chi connectivity index (χ0v) is 11.1. The third kappa shape index (κ3) is 2.55. The number of aliphatic hydroxyl groups excluding tert-OH is 1. The lowest BCUT2D eigenvalue weighted by Crippen LogP contribution is -2.42. The average Bonchev–Trinajstić information content (AvgIpc) is 2.20. The standard InChI is InChI=1S/C12H16BrFN2O/c13-9-6-12(11(15)7-10(9)14)16(4-5-17)8-2-1-3-8/h6-8,17H,1-5,15H2. The lowest BCUT2D eigenvalue weighted by molar-refractivity contribution is 0.284. The third-order valence-electron chi connectivity index (χ3n) is 3.24.